The highest BCUT2D eigenvalue weighted by Gasteiger charge is 2.14. The molecule has 0 fully saturated rings. The molecule has 0 radical (unpaired) electrons. The van der Waals surface area contributed by atoms with Crippen molar-refractivity contribution in [3.05, 3.63) is 84.1 Å². The lowest BCUT2D eigenvalue weighted by molar-refractivity contribution is 0.475. The van der Waals surface area contributed by atoms with Gasteiger partial charge in [0.15, 0.2) is 5.65 Å². The summed E-state index contributed by atoms with van der Waals surface area (Å²) in [4.78, 5) is 9.05. The Bertz CT molecular complexity index is 1030. The lowest BCUT2D eigenvalue weighted by Crippen LogP contribution is -2.03. The molecule has 0 aliphatic heterocycles. The molecule has 2 aromatic carbocycles. The molecule has 4 nitrogen and oxygen atoms in total. The van der Waals surface area contributed by atoms with Crippen LogP contribution in [0.1, 0.15) is 11.4 Å². The monoisotopic (exact) mass is 319 g/mol. The zero-order valence-electron chi connectivity index (χ0n) is 12.7. The third kappa shape index (κ3) is 2.60. The van der Waals surface area contributed by atoms with Crippen LogP contribution in [0.15, 0.2) is 66.9 Å². The molecule has 0 unspecified atom stereocenters. The first kappa shape index (κ1) is 14.4. The number of hydrogen-bond acceptors (Lipinski definition) is 3. The summed E-state index contributed by atoms with van der Waals surface area (Å²) in [7, 11) is 0. The van der Waals surface area contributed by atoms with Gasteiger partial charge in [-0.05, 0) is 42.0 Å². The molecule has 0 saturated heterocycles. The number of aromatic nitrogens is 3. The molecule has 2 heterocycles. The maximum Gasteiger partial charge on any atom is 0.164 e. The van der Waals surface area contributed by atoms with Crippen LogP contribution in [0.25, 0.3) is 16.9 Å². The number of phenols is 1. The van der Waals surface area contributed by atoms with Gasteiger partial charge in [-0.3, -0.25) is 4.57 Å². The van der Waals surface area contributed by atoms with Crippen LogP contribution in [0.3, 0.4) is 0 Å². The molecular formula is C19H14FN3O. The largest absolute Gasteiger partial charge is 0.508 e. The van der Waals surface area contributed by atoms with E-state index in [1.807, 2.05) is 28.8 Å². The topological polar surface area (TPSA) is 50.9 Å². The Balaban J connectivity index is 1.90. The van der Waals surface area contributed by atoms with E-state index in [0.717, 1.165) is 22.6 Å². The average molecular weight is 319 g/mol. The van der Waals surface area contributed by atoms with Gasteiger partial charge in [-0.1, -0.05) is 18.2 Å². The summed E-state index contributed by atoms with van der Waals surface area (Å²) < 4.78 is 15.4. The van der Waals surface area contributed by atoms with Crippen molar-refractivity contribution >= 4 is 11.2 Å². The number of rotatable bonds is 3. The van der Waals surface area contributed by atoms with Gasteiger partial charge in [0.2, 0.25) is 0 Å². The van der Waals surface area contributed by atoms with Crippen LogP contribution in [0.2, 0.25) is 0 Å². The van der Waals surface area contributed by atoms with Gasteiger partial charge in [-0.15, -0.1) is 0 Å². The van der Waals surface area contributed by atoms with Gasteiger partial charge in [0, 0.05) is 18.7 Å². The van der Waals surface area contributed by atoms with Crippen molar-refractivity contribution in [3.8, 4) is 11.4 Å². The number of benzene rings is 2. The Kier molecular flexibility index (Phi) is 3.46. The van der Waals surface area contributed by atoms with E-state index in [4.69, 9.17) is 0 Å². The lowest BCUT2D eigenvalue weighted by atomic mass is 10.1. The second-order valence-electron chi connectivity index (χ2n) is 5.54. The van der Waals surface area contributed by atoms with E-state index >= 15 is 0 Å². The number of fused-ring (bicyclic) bond motifs is 1. The van der Waals surface area contributed by atoms with Crippen LogP contribution in [0, 0.1) is 5.82 Å². The molecule has 2 aromatic heterocycles. The van der Waals surface area contributed by atoms with Crippen LogP contribution in [0.5, 0.6) is 5.75 Å². The van der Waals surface area contributed by atoms with Gasteiger partial charge in [0.25, 0.3) is 0 Å². The van der Waals surface area contributed by atoms with E-state index in [0.29, 0.717) is 12.1 Å². The molecule has 5 heteroatoms. The van der Waals surface area contributed by atoms with E-state index in [-0.39, 0.29) is 11.6 Å². The fraction of sp³-hybridized carbons (Fsp3) is 0.0526. The summed E-state index contributed by atoms with van der Waals surface area (Å²) in [6, 6.07) is 17.1. The van der Waals surface area contributed by atoms with Crippen molar-refractivity contribution in [2.75, 3.05) is 0 Å². The number of halogens is 1. The second-order valence-corrected chi connectivity index (χ2v) is 5.54. The maximum absolute atomic E-state index is 13.5. The summed E-state index contributed by atoms with van der Waals surface area (Å²) in [6.45, 7) is 0. The molecule has 0 aliphatic carbocycles. The van der Waals surface area contributed by atoms with Gasteiger partial charge in [0.05, 0.1) is 5.69 Å². The zero-order chi connectivity index (χ0) is 16.5. The van der Waals surface area contributed by atoms with E-state index in [2.05, 4.69) is 9.97 Å². The molecule has 4 aromatic rings. The first-order valence-electron chi connectivity index (χ1n) is 7.57. The van der Waals surface area contributed by atoms with Crippen molar-refractivity contribution in [1.29, 1.82) is 0 Å². The highest BCUT2D eigenvalue weighted by molar-refractivity contribution is 5.74. The number of imidazole rings is 1. The van der Waals surface area contributed by atoms with Crippen LogP contribution < -0.4 is 0 Å². The van der Waals surface area contributed by atoms with Crippen molar-refractivity contribution in [2.24, 2.45) is 0 Å². The molecule has 24 heavy (non-hydrogen) atoms. The van der Waals surface area contributed by atoms with Gasteiger partial charge < -0.3 is 5.11 Å². The predicted octanol–water partition coefficient (Wildman–Crippen LogP) is 3.86. The minimum absolute atomic E-state index is 0.169. The molecule has 0 bridgehead atoms. The molecule has 0 spiro atoms. The van der Waals surface area contributed by atoms with Gasteiger partial charge in [-0.2, -0.15) is 0 Å². The lowest BCUT2D eigenvalue weighted by Gasteiger charge is -2.09. The van der Waals surface area contributed by atoms with Crippen LogP contribution >= 0.6 is 0 Å². The Morgan fingerprint density at radius 1 is 1.00 bits per heavy atom. The summed E-state index contributed by atoms with van der Waals surface area (Å²) in [5.41, 5.74) is 3.05. The van der Waals surface area contributed by atoms with Crippen LogP contribution in [-0.4, -0.2) is 19.6 Å². The smallest absolute Gasteiger partial charge is 0.164 e. The molecule has 0 amide bonds. The molecule has 118 valence electrons. The Labute approximate surface area is 137 Å². The number of pyridine rings is 1. The van der Waals surface area contributed by atoms with Gasteiger partial charge in [0.1, 0.15) is 22.9 Å². The minimum Gasteiger partial charge on any atom is -0.508 e. The van der Waals surface area contributed by atoms with Crippen LogP contribution in [0.4, 0.5) is 4.39 Å². The van der Waals surface area contributed by atoms with Gasteiger partial charge >= 0.3 is 0 Å². The second kappa shape index (κ2) is 5.77. The summed E-state index contributed by atoms with van der Waals surface area (Å²) in [5, 5.41) is 9.80. The minimum atomic E-state index is -0.273. The van der Waals surface area contributed by atoms with Crippen LogP contribution in [-0.2, 0) is 6.42 Å². The van der Waals surface area contributed by atoms with Gasteiger partial charge in [-0.25, -0.2) is 14.4 Å². The highest BCUT2D eigenvalue weighted by atomic mass is 19.1. The fourth-order valence-electron chi connectivity index (χ4n) is 2.81. The summed E-state index contributed by atoms with van der Waals surface area (Å²) in [6.07, 6.45) is 2.17. The predicted molar refractivity (Wildman–Crippen MR) is 89.7 cm³/mol. The summed E-state index contributed by atoms with van der Waals surface area (Å²) in [5.74, 6) is 0.632. The number of phenolic OH excluding ortho intramolecular Hbond substituents is 1. The maximum atomic E-state index is 13.5. The van der Waals surface area contributed by atoms with E-state index < -0.39 is 0 Å². The first-order chi connectivity index (χ1) is 11.7. The third-order valence-corrected chi connectivity index (χ3v) is 3.82. The number of nitrogens with zero attached hydrogens (tertiary/aromatic N) is 3. The standard InChI is InChI=1S/C19H14FN3O/c20-14-5-1-4-13(10-14)11-18-22-17-8-3-9-21-19(17)23(18)15-6-2-7-16(24)12-15/h1-10,12,24H,11H2. The molecule has 0 saturated carbocycles. The Morgan fingerprint density at radius 2 is 1.88 bits per heavy atom. The molecular weight excluding hydrogens is 305 g/mol. The Morgan fingerprint density at radius 3 is 2.71 bits per heavy atom. The first-order valence-corrected chi connectivity index (χ1v) is 7.57. The molecule has 4 rings (SSSR count). The molecule has 1 N–H and O–H groups in total. The van der Waals surface area contributed by atoms with E-state index in [1.54, 1.807) is 30.5 Å². The quantitative estimate of drug-likeness (QED) is 0.624. The highest BCUT2D eigenvalue weighted by Crippen LogP contribution is 2.24. The number of aromatic hydroxyl groups is 1. The fourth-order valence-corrected chi connectivity index (χ4v) is 2.81. The molecule has 0 aliphatic rings. The van der Waals surface area contributed by atoms with Crippen molar-refractivity contribution < 1.29 is 9.50 Å². The SMILES string of the molecule is Oc1cccc(-n2c(Cc3cccc(F)c3)nc3cccnc32)c1. The molecule has 0 atom stereocenters. The average Bonchev–Trinajstić information content (AvgIpc) is 2.92. The Hall–Kier alpha value is -3.21. The summed E-state index contributed by atoms with van der Waals surface area (Å²) >= 11 is 0. The third-order valence-electron chi connectivity index (χ3n) is 3.82. The van der Waals surface area contributed by atoms with E-state index in [1.165, 1.54) is 12.1 Å². The number of hydrogen-bond donors (Lipinski definition) is 1. The van der Waals surface area contributed by atoms with Crippen molar-refractivity contribution in [1.82, 2.24) is 14.5 Å². The van der Waals surface area contributed by atoms with Crippen molar-refractivity contribution in [2.45, 2.75) is 6.42 Å². The normalized spacial score (nSPS) is 11.0. The van der Waals surface area contributed by atoms with Crippen molar-refractivity contribution in [3.63, 3.8) is 0 Å². The zero-order valence-corrected chi connectivity index (χ0v) is 12.7. The van der Waals surface area contributed by atoms with E-state index in [9.17, 15) is 9.50 Å².